The monoisotopic (exact) mass is 489 g/mol. The summed E-state index contributed by atoms with van der Waals surface area (Å²) in [5, 5.41) is 40.6. The molecule has 1 fully saturated rings. The fourth-order valence-electron chi connectivity index (χ4n) is 5.97. The molecule has 0 spiro atoms. The first-order chi connectivity index (χ1) is 16.5. The van der Waals surface area contributed by atoms with Gasteiger partial charge in [0.1, 0.15) is 6.10 Å². The molecule has 3 N–H and O–H groups in total. The maximum absolute atomic E-state index is 12.7. The van der Waals surface area contributed by atoms with E-state index in [9.17, 15) is 30.2 Å². The Bertz CT molecular complexity index is 815. The molecule has 0 aromatic heterocycles. The summed E-state index contributed by atoms with van der Waals surface area (Å²) in [6.07, 6.45) is 7.33. The Morgan fingerprint density at radius 3 is 2.34 bits per heavy atom. The molecule has 1 saturated carbocycles. The molecule has 0 amide bonds. The van der Waals surface area contributed by atoms with Crippen LogP contribution in [0.15, 0.2) is 23.8 Å². The molecule has 0 aromatic carbocycles. The van der Waals surface area contributed by atoms with E-state index < -0.39 is 36.2 Å². The second-order valence-corrected chi connectivity index (χ2v) is 11.1. The first-order valence-electron chi connectivity index (χ1n) is 13.1. The van der Waals surface area contributed by atoms with Crippen LogP contribution in [0.1, 0.15) is 79.1 Å². The number of aliphatic hydroxyl groups excluding tert-OH is 2. The molecule has 9 atom stereocenters. The molecule has 1 aliphatic carbocycles. The van der Waals surface area contributed by atoms with Crippen LogP contribution in [0.2, 0.25) is 0 Å². The van der Waals surface area contributed by atoms with Crippen molar-refractivity contribution in [1.82, 2.24) is 0 Å². The summed E-state index contributed by atoms with van der Waals surface area (Å²) in [5.41, 5.74) is 0.282. The molecule has 0 saturated heterocycles. The molecule has 1 unspecified atom stereocenters. The lowest BCUT2D eigenvalue weighted by Gasteiger charge is -2.28. The number of aliphatic carboxylic acids is 1. The molecular weight excluding hydrogens is 446 g/mol. The van der Waals surface area contributed by atoms with Gasteiger partial charge >= 0.3 is 11.9 Å². The van der Waals surface area contributed by atoms with Gasteiger partial charge < -0.3 is 20.1 Å². The molecule has 1 aliphatic heterocycles. The van der Waals surface area contributed by atoms with Crippen LogP contribution in [-0.4, -0.2) is 45.6 Å². The van der Waals surface area contributed by atoms with E-state index in [-0.39, 0.29) is 29.7 Å². The number of carboxylic acids is 1. The first kappa shape index (κ1) is 29.1. The maximum atomic E-state index is 12.7. The van der Waals surface area contributed by atoms with E-state index in [0.29, 0.717) is 31.1 Å². The van der Waals surface area contributed by atoms with Crippen LogP contribution in [0, 0.1) is 46.8 Å². The molecular formula is C28H43NO6. The Labute approximate surface area is 209 Å². The highest BCUT2D eigenvalue weighted by Gasteiger charge is 2.39. The maximum Gasteiger partial charge on any atom is 0.308 e. The van der Waals surface area contributed by atoms with Crippen molar-refractivity contribution in [3.05, 3.63) is 23.8 Å². The van der Waals surface area contributed by atoms with Crippen LogP contribution in [0.25, 0.3) is 0 Å². The minimum Gasteiger partial charge on any atom is -0.481 e. The summed E-state index contributed by atoms with van der Waals surface area (Å²) in [7, 11) is 0. The second-order valence-electron chi connectivity index (χ2n) is 11.1. The number of rotatable bonds is 2. The predicted octanol–water partition coefficient (Wildman–Crippen LogP) is 4.64. The van der Waals surface area contributed by atoms with E-state index in [2.05, 4.69) is 19.9 Å². The van der Waals surface area contributed by atoms with Crippen molar-refractivity contribution >= 4 is 11.9 Å². The van der Waals surface area contributed by atoms with Crippen LogP contribution in [0.5, 0.6) is 0 Å². The molecule has 2 aliphatic rings. The highest BCUT2D eigenvalue weighted by Crippen LogP contribution is 2.37. The molecule has 1 heterocycles. The van der Waals surface area contributed by atoms with Crippen LogP contribution in [-0.2, 0) is 14.3 Å². The highest BCUT2D eigenvalue weighted by atomic mass is 16.5. The summed E-state index contributed by atoms with van der Waals surface area (Å²) in [5.74, 6) is -1.77. The summed E-state index contributed by atoms with van der Waals surface area (Å²) in [6.45, 7) is 8.16. The Hall–Kier alpha value is -2.17. The Balaban J connectivity index is 2.30. The van der Waals surface area contributed by atoms with E-state index >= 15 is 0 Å². The number of hydrogen-bond acceptors (Lipinski definition) is 6. The summed E-state index contributed by atoms with van der Waals surface area (Å²) in [6, 6.07) is 2.10. The van der Waals surface area contributed by atoms with Gasteiger partial charge in [0.25, 0.3) is 0 Å². The number of allylic oxidation sites excluding steroid dienone is 2. The average molecular weight is 490 g/mol. The van der Waals surface area contributed by atoms with Crippen molar-refractivity contribution in [3.63, 3.8) is 0 Å². The quantitative estimate of drug-likeness (QED) is 0.482. The van der Waals surface area contributed by atoms with Crippen molar-refractivity contribution in [1.29, 1.82) is 5.26 Å². The van der Waals surface area contributed by atoms with Crippen molar-refractivity contribution in [2.24, 2.45) is 35.5 Å². The smallest absolute Gasteiger partial charge is 0.308 e. The first-order valence-corrected chi connectivity index (χ1v) is 13.1. The fraction of sp³-hybridized carbons (Fsp3) is 0.750. The van der Waals surface area contributed by atoms with E-state index in [1.54, 1.807) is 18.2 Å². The number of hydrogen-bond donors (Lipinski definition) is 3. The third-order valence-electron chi connectivity index (χ3n) is 7.80. The van der Waals surface area contributed by atoms with E-state index in [1.165, 1.54) is 0 Å². The van der Waals surface area contributed by atoms with Gasteiger partial charge in [0, 0.05) is 12.3 Å². The molecule has 0 bridgehead atoms. The fourth-order valence-corrected chi connectivity index (χ4v) is 5.97. The van der Waals surface area contributed by atoms with Crippen molar-refractivity contribution in [2.75, 3.05) is 0 Å². The molecule has 7 heteroatoms. The minimum atomic E-state index is -0.882. The number of carbonyl (C=O) groups excluding carboxylic acids is 1. The van der Waals surface area contributed by atoms with Crippen molar-refractivity contribution in [3.8, 4) is 6.07 Å². The summed E-state index contributed by atoms with van der Waals surface area (Å²) < 4.78 is 5.77. The largest absolute Gasteiger partial charge is 0.481 e. The number of nitriles is 1. The van der Waals surface area contributed by atoms with Crippen LogP contribution < -0.4 is 0 Å². The van der Waals surface area contributed by atoms with Crippen LogP contribution in [0.4, 0.5) is 0 Å². The minimum absolute atomic E-state index is 0.0816. The number of carbonyl (C=O) groups is 2. The van der Waals surface area contributed by atoms with Gasteiger partial charge in [-0.3, -0.25) is 9.59 Å². The lowest BCUT2D eigenvalue weighted by Crippen LogP contribution is -2.34. The van der Waals surface area contributed by atoms with Crippen LogP contribution >= 0.6 is 0 Å². The van der Waals surface area contributed by atoms with Gasteiger partial charge in [-0.1, -0.05) is 46.3 Å². The third-order valence-corrected chi connectivity index (χ3v) is 7.80. The van der Waals surface area contributed by atoms with E-state index in [1.807, 2.05) is 13.8 Å². The molecule has 7 nitrogen and oxygen atoms in total. The number of carboxylic acid groups (broad SMARTS) is 1. The zero-order chi connectivity index (χ0) is 26.1. The number of cyclic esters (lactones) is 1. The number of ether oxygens (including phenoxy) is 1. The molecule has 35 heavy (non-hydrogen) atoms. The lowest BCUT2D eigenvalue weighted by molar-refractivity contribution is -0.159. The number of nitrogens with zero attached hydrogens (tertiary/aromatic N) is 1. The van der Waals surface area contributed by atoms with Gasteiger partial charge in [-0.25, -0.2) is 0 Å². The highest BCUT2D eigenvalue weighted by molar-refractivity contribution is 5.72. The second kappa shape index (κ2) is 13.8. The lowest BCUT2D eigenvalue weighted by atomic mass is 9.82. The Morgan fingerprint density at radius 2 is 1.71 bits per heavy atom. The van der Waals surface area contributed by atoms with Crippen molar-refractivity contribution in [2.45, 2.75) is 97.4 Å². The average Bonchev–Trinajstić information content (AvgIpc) is 3.27. The zero-order valence-corrected chi connectivity index (χ0v) is 21.6. The molecule has 0 aromatic rings. The van der Waals surface area contributed by atoms with Crippen LogP contribution in [0.3, 0.4) is 0 Å². The number of esters is 1. The third kappa shape index (κ3) is 8.77. The molecule has 196 valence electrons. The SMILES string of the molecule is C[C@@H]1C[C@H](C)C[C@@H](C)[C@H](O)/C(C#N)=C\C=C\C[C@H](C2CCC[C@@H]2C(=O)O)OC(=O)C[C@@H](O)[C@H](C)C1. The normalized spacial score (nSPS) is 40.9. The van der Waals surface area contributed by atoms with E-state index in [4.69, 9.17) is 4.74 Å². The summed E-state index contributed by atoms with van der Waals surface area (Å²) >= 11 is 0. The van der Waals surface area contributed by atoms with E-state index in [0.717, 1.165) is 25.7 Å². The van der Waals surface area contributed by atoms with Gasteiger partial charge in [-0.15, -0.1) is 0 Å². The van der Waals surface area contributed by atoms with Gasteiger partial charge in [0.05, 0.1) is 36.2 Å². The predicted molar refractivity (Wildman–Crippen MR) is 133 cm³/mol. The van der Waals surface area contributed by atoms with Gasteiger partial charge in [0.15, 0.2) is 0 Å². The Kier molecular flexibility index (Phi) is 11.5. The summed E-state index contributed by atoms with van der Waals surface area (Å²) in [4.78, 5) is 24.5. The number of aliphatic hydroxyl groups is 2. The standard InChI is InChI=1S/C28H43NO6/c1-17-12-18(2)14-20(4)27(32)21(16-29)8-5-6-11-25(22-9-7-10-23(22)28(33)34)35-26(31)15-24(30)19(3)13-17/h5-6,8,17-20,22-25,27,30,32H,7,9-15H2,1-4H3,(H,33,34)/b6-5+,21-8-/t17-,18+,19-,20-,22?,23+,24-,25-,27+/m1/s1. The van der Waals surface area contributed by atoms with Crippen molar-refractivity contribution < 1.29 is 29.6 Å². The topological polar surface area (TPSA) is 128 Å². The van der Waals surface area contributed by atoms with Gasteiger partial charge in [0.2, 0.25) is 0 Å². The Morgan fingerprint density at radius 1 is 1.06 bits per heavy atom. The molecule has 0 radical (unpaired) electrons. The zero-order valence-electron chi connectivity index (χ0n) is 21.6. The van der Waals surface area contributed by atoms with Gasteiger partial charge in [-0.2, -0.15) is 5.26 Å². The molecule has 2 rings (SSSR count). The van der Waals surface area contributed by atoms with Gasteiger partial charge in [-0.05, 0) is 61.9 Å².